The van der Waals surface area contributed by atoms with Crippen molar-refractivity contribution in [3.05, 3.63) is 65.6 Å². The molecule has 2 aromatic carbocycles. The van der Waals surface area contributed by atoms with Crippen molar-refractivity contribution < 1.29 is 9.84 Å². The molecule has 7 heteroatoms. The maximum atomic E-state index is 9.50. The lowest BCUT2D eigenvalue weighted by molar-refractivity contribution is 0.276. The van der Waals surface area contributed by atoms with Crippen LogP contribution < -0.4 is 10.5 Å². The van der Waals surface area contributed by atoms with Gasteiger partial charge in [-0.1, -0.05) is 29.8 Å². The summed E-state index contributed by atoms with van der Waals surface area (Å²) in [5.41, 5.74) is 9.60. The second kappa shape index (κ2) is 7.73. The first-order chi connectivity index (χ1) is 14.0. The Labute approximate surface area is 173 Å². The summed E-state index contributed by atoms with van der Waals surface area (Å²) in [6.45, 7) is 4.07. The van der Waals surface area contributed by atoms with Gasteiger partial charge in [-0.3, -0.25) is 0 Å². The van der Waals surface area contributed by atoms with Gasteiger partial charge in [-0.05, 0) is 43.7 Å². The van der Waals surface area contributed by atoms with Gasteiger partial charge in [0.15, 0.2) is 0 Å². The highest BCUT2D eigenvalue weighted by Crippen LogP contribution is 2.36. The van der Waals surface area contributed by atoms with Crippen LogP contribution in [0.3, 0.4) is 0 Å². The molecule has 0 spiro atoms. The number of hydrogen-bond acceptors (Lipinski definition) is 5. The average molecular weight is 409 g/mol. The molecule has 0 atom stereocenters. The van der Waals surface area contributed by atoms with E-state index in [-0.39, 0.29) is 12.6 Å². The monoisotopic (exact) mass is 408 g/mol. The number of benzene rings is 2. The van der Waals surface area contributed by atoms with Gasteiger partial charge in [-0.2, -0.15) is 0 Å². The number of fused-ring (bicyclic) bond motifs is 1. The van der Waals surface area contributed by atoms with Gasteiger partial charge >= 0.3 is 0 Å². The Morgan fingerprint density at radius 2 is 1.90 bits per heavy atom. The number of hydrogen-bond donors (Lipinski definition) is 2. The summed E-state index contributed by atoms with van der Waals surface area (Å²) in [6.07, 6.45) is 3.54. The summed E-state index contributed by atoms with van der Waals surface area (Å²) in [4.78, 5) is 8.58. The van der Waals surface area contributed by atoms with E-state index < -0.39 is 0 Å². The molecule has 0 radical (unpaired) electrons. The average Bonchev–Trinajstić information content (AvgIpc) is 3.10. The van der Waals surface area contributed by atoms with Crippen molar-refractivity contribution in [3.63, 3.8) is 0 Å². The standard InChI is InChI=1S/C22H21ClN4O2/c1-13(2)27-10-18(20-21(24)25-12-26-22(20)27)14-4-7-17(8-5-14)29-19-9-16(23)6-3-15(19)11-28/h3-10,12-13,28H,11H2,1-2H3,(H2,24,25,26). The fraction of sp³-hybridized carbons (Fsp3) is 0.182. The Morgan fingerprint density at radius 1 is 1.14 bits per heavy atom. The summed E-state index contributed by atoms with van der Waals surface area (Å²) >= 11 is 6.06. The van der Waals surface area contributed by atoms with Crippen molar-refractivity contribution >= 4 is 28.5 Å². The second-order valence-electron chi connectivity index (χ2n) is 7.04. The third-order valence-corrected chi connectivity index (χ3v) is 5.02. The molecule has 0 saturated carbocycles. The van der Waals surface area contributed by atoms with Crippen LogP contribution in [0.25, 0.3) is 22.2 Å². The van der Waals surface area contributed by atoms with E-state index >= 15 is 0 Å². The van der Waals surface area contributed by atoms with Crippen LogP contribution in [0.1, 0.15) is 25.5 Å². The molecule has 0 amide bonds. The van der Waals surface area contributed by atoms with Crippen LogP contribution in [0.15, 0.2) is 55.0 Å². The largest absolute Gasteiger partial charge is 0.457 e. The lowest BCUT2D eigenvalue weighted by atomic mass is 10.1. The number of aliphatic hydroxyl groups excluding tert-OH is 1. The molecule has 6 nitrogen and oxygen atoms in total. The first-order valence-corrected chi connectivity index (χ1v) is 9.64. The van der Waals surface area contributed by atoms with E-state index in [1.54, 1.807) is 18.2 Å². The summed E-state index contributed by atoms with van der Waals surface area (Å²) < 4.78 is 8.02. The topological polar surface area (TPSA) is 86.2 Å². The summed E-state index contributed by atoms with van der Waals surface area (Å²) in [5.74, 6) is 1.63. The molecule has 4 aromatic rings. The lowest BCUT2D eigenvalue weighted by Crippen LogP contribution is -2.00. The predicted molar refractivity (Wildman–Crippen MR) is 115 cm³/mol. The van der Waals surface area contributed by atoms with E-state index in [0.717, 1.165) is 22.2 Å². The van der Waals surface area contributed by atoms with Crippen molar-refractivity contribution in [2.45, 2.75) is 26.5 Å². The first-order valence-electron chi connectivity index (χ1n) is 9.26. The quantitative estimate of drug-likeness (QED) is 0.474. The molecule has 2 aromatic heterocycles. The van der Waals surface area contributed by atoms with Crippen molar-refractivity contribution in [1.29, 1.82) is 0 Å². The zero-order chi connectivity index (χ0) is 20.5. The summed E-state index contributed by atoms with van der Waals surface area (Å²) in [7, 11) is 0. The van der Waals surface area contributed by atoms with Crippen LogP contribution in [0.5, 0.6) is 11.5 Å². The molecule has 4 rings (SSSR count). The Hall–Kier alpha value is -3.09. The molecule has 29 heavy (non-hydrogen) atoms. The van der Waals surface area contributed by atoms with Gasteiger partial charge < -0.3 is 20.1 Å². The summed E-state index contributed by atoms with van der Waals surface area (Å²) in [6, 6.07) is 13.1. The van der Waals surface area contributed by atoms with Crippen LogP contribution in [0.4, 0.5) is 5.82 Å². The van der Waals surface area contributed by atoms with Gasteiger partial charge in [0.1, 0.15) is 29.3 Å². The molecule has 2 heterocycles. The van der Waals surface area contributed by atoms with Gasteiger partial charge in [0.2, 0.25) is 0 Å². The minimum atomic E-state index is -0.126. The molecule has 0 unspecified atom stereocenters. The molecule has 0 fully saturated rings. The van der Waals surface area contributed by atoms with Crippen LogP contribution in [-0.4, -0.2) is 19.6 Å². The van der Waals surface area contributed by atoms with Gasteiger partial charge in [0.05, 0.1) is 12.0 Å². The Kier molecular flexibility index (Phi) is 5.13. The first kappa shape index (κ1) is 19.2. The Balaban J connectivity index is 1.72. The van der Waals surface area contributed by atoms with E-state index in [1.165, 1.54) is 6.33 Å². The van der Waals surface area contributed by atoms with Gasteiger partial charge in [-0.25, -0.2) is 9.97 Å². The van der Waals surface area contributed by atoms with Crippen LogP contribution in [0.2, 0.25) is 5.02 Å². The fourth-order valence-corrected chi connectivity index (χ4v) is 3.47. The van der Waals surface area contributed by atoms with Crippen LogP contribution in [0, 0.1) is 0 Å². The zero-order valence-electron chi connectivity index (χ0n) is 16.1. The minimum absolute atomic E-state index is 0.126. The highest BCUT2D eigenvalue weighted by molar-refractivity contribution is 6.30. The van der Waals surface area contributed by atoms with E-state index in [0.29, 0.717) is 27.9 Å². The predicted octanol–water partition coefficient (Wildman–Crippen LogP) is 5.20. The van der Waals surface area contributed by atoms with E-state index in [2.05, 4.69) is 34.6 Å². The molecule has 148 valence electrons. The van der Waals surface area contributed by atoms with Gasteiger partial charge in [-0.15, -0.1) is 0 Å². The number of halogens is 1. The number of rotatable bonds is 5. The summed E-state index contributed by atoms with van der Waals surface area (Å²) in [5, 5.41) is 10.9. The number of ether oxygens (including phenoxy) is 1. The number of nitrogens with zero attached hydrogens (tertiary/aromatic N) is 3. The highest BCUT2D eigenvalue weighted by atomic mass is 35.5. The smallest absolute Gasteiger partial charge is 0.146 e. The lowest BCUT2D eigenvalue weighted by Gasteiger charge is -2.11. The molecular weight excluding hydrogens is 388 g/mol. The molecule has 3 N–H and O–H groups in total. The van der Waals surface area contributed by atoms with Crippen molar-refractivity contribution in [2.75, 3.05) is 5.73 Å². The number of aromatic nitrogens is 3. The molecular formula is C22H21ClN4O2. The highest BCUT2D eigenvalue weighted by Gasteiger charge is 2.16. The number of nitrogen functional groups attached to an aromatic ring is 1. The third kappa shape index (κ3) is 3.64. The van der Waals surface area contributed by atoms with Crippen molar-refractivity contribution in [1.82, 2.24) is 14.5 Å². The van der Waals surface area contributed by atoms with Crippen LogP contribution >= 0.6 is 11.6 Å². The molecule has 0 bridgehead atoms. The fourth-order valence-electron chi connectivity index (χ4n) is 3.30. The van der Waals surface area contributed by atoms with E-state index in [9.17, 15) is 5.11 Å². The number of aliphatic hydroxyl groups is 1. The van der Waals surface area contributed by atoms with Crippen molar-refractivity contribution in [3.8, 4) is 22.6 Å². The van der Waals surface area contributed by atoms with Crippen LogP contribution in [-0.2, 0) is 6.61 Å². The van der Waals surface area contributed by atoms with Gasteiger partial charge in [0, 0.05) is 28.4 Å². The molecule has 0 aliphatic rings. The zero-order valence-corrected chi connectivity index (χ0v) is 16.9. The normalized spacial score (nSPS) is 11.3. The molecule has 0 aliphatic carbocycles. The van der Waals surface area contributed by atoms with Gasteiger partial charge in [0.25, 0.3) is 0 Å². The molecule has 0 aliphatic heterocycles. The number of anilines is 1. The Bertz CT molecular complexity index is 1170. The SMILES string of the molecule is CC(C)n1cc(-c2ccc(Oc3cc(Cl)ccc3CO)cc2)c2c(N)ncnc21. The maximum Gasteiger partial charge on any atom is 0.146 e. The number of nitrogens with two attached hydrogens (primary N) is 1. The Morgan fingerprint density at radius 3 is 2.59 bits per heavy atom. The van der Waals surface area contributed by atoms with E-state index in [4.69, 9.17) is 22.1 Å². The minimum Gasteiger partial charge on any atom is -0.457 e. The van der Waals surface area contributed by atoms with E-state index in [1.807, 2.05) is 24.3 Å². The second-order valence-corrected chi connectivity index (χ2v) is 7.47. The third-order valence-electron chi connectivity index (χ3n) is 4.79. The van der Waals surface area contributed by atoms with Crippen molar-refractivity contribution in [2.24, 2.45) is 0 Å². The molecule has 0 saturated heterocycles. The maximum absolute atomic E-state index is 9.50.